The lowest BCUT2D eigenvalue weighted by Crippen LogP contribution is -2.45. The molecule has 0 spiro atoms. The maximum absolute atomic E-state index is 12.2. The van der Waals surface area contributed by atoms with Crippen LogP contribution in [0.2, 0.25) is 0 Å². The second kappa shape index (κ2) is 11.0. The van der Waals surface area contributed by atoms with Crippen LogP contribution >= 0.6 is 0 Å². The number of nitrogens with zero attached hydrogens (tertiary/aromatic N) is 2. The molecular weight excluding hydrogens is 432 g/mol. The number of rotatable bonds is 8. The van der Waals surface area contributed by atoms with E-state index in [0.29, 0.717) is 43.5 Å². The van der Waals surface area contributed by atoms with Crippen molar-refractivity contribution >= 4 is 17.5 Å². The molecule has 2 aliphatic rings. The molecule has 2 fully saturated rings. The number of anilines is 2. The zero-order valence-corrected chi connectivity index (χ0v) is 20.3. The fourth-order valence-corrected chi connectivity index (χ4v) is 4.99. The third-order valence-corrected chi connectivity index (χ3v) is 7.04. The lowest BCUT2D eigenvalue weighted by Gasteiger charge is -2.33. The Balaban J connectivity index is 1.22. The zero-order chi connectivity index (χ0) is 24.1. The number of piperidine rings is 2. The summed E-state index contributed by atoms with van der Waals surface area (Å²) in [7, 11) is 0. The van der Waals surface area contributed by atoms with Crippen molar-refractivity contribution in [2.75, 3.05) is 50.0 Å². The summed E-state index contributed by atoms with van der Waals surface area (Å²) in [5.74, 6) is 0.485. The number of carbonyl (C=O) groups excluding carboxylic acids is 1. The first-order chi connectivity index (χ1) is 16.4. The number of nitrogens with one attached hydrogen (secondary N) is 2. The lowest BCUT2D eigenvalue weighted by molar-refractivity contribution is 0.0983. The summed E-state index contributed by atoms with van der Waals surface area (Å²) in [5.41, 5.74) is 2.62. The van der Waals surface area contributed by atoms with Crippen LogP contribution in [0.25, 0.3) is 0 Å². The third kappa shape index (κ3) is 5.78. The van der Waals surface area contributed by atoms with Gasteiger partial charge in [-0.25, -0.2) is 4.79 Å². The minimum Gasteiger partial charge on any atom is -0.450 e. The van der Waals surface area contributed by atoms with Gasteiger partial charge in [-0.1, -0.05) is 29.8 Å². The van der Waals surface area contributed by atoms with E-state index in [-0.39, 0.29) is 12.1 Å². The van der Waals surface area contributed by atoms with Crippen LogP contribution in [-0.2, 0) is 11.3 Å². The van der Waals surface area contributed by atoms with Crippen LogP contribution < -0.4 is 21.5 Å². The van der Waals surface area contributed by atoms with E-state index < -0.39 is 10.9 Å². The average Bonchev–Trinajstić information content (AvgIpc) is 2.84. The highest BCUT2D eigenvalue weighted by Gasteiger charge is 2.28. The van der Waals surface area contributed by atoms with Crippen molar-refractivity contribution in [3.63, 3.8) is 0 Å². The van der Waals surface area contributed by atoms with E-state index >= 15 is 0 Å². The van der Waals surface area contributed by atoms with Crippen LogP contribution in [0, 0.1) is 12.8 Å². The van der Waals surface area contributed by atoms with Crippen molar-refractivity contribution in [3.8, 4) is 0 Å². The largest absolute Gasteiger partial charge is 0.450 e. The van der Waals surface area contributed by atoms with Gasteiger partial charge in [-0.2, -0.15) is 0 Å². The Bertz CT molecular complexity index is 1050. The molecule has 2 saturated heterocycles. The quantitative estimate of drug-likeness (QED) is 0.576. The van der Waals surface area contributed by atoms with Crippen LogP contribution in [0.5, 0.6) is 0 Å². The molecule has 1 amide bonds. The van der Waals surface area contributed by atoms with Crippen LogP contribution in [0.3, 0.4) is 0 Å². The van der Waals surface area contributed by atoms with E-state index in [1.807, 2.05) is 0 Å². The highest BCUT2D eigenvalue weighted by Crippen LogP contribution is 2.23. The monoisotopic (exact) mass is 468 g/mol. The Kier molecular flexibility index (Phi) is 7.88. The molecule has 0 unspecified atom stereocenters. The second-order valence-corrected chi connectivity index (χ2v) is 9.60. The molecule has 0 bridgehead atoms. The van der Waals surface area contributed by atoms with E-state index in [9.17, 15) is 14.4 Å². The summed E-state index contributed by atoms with van der Waals surface area (Å²) in [6.45, 7) is 9.20. The Morgan fingerprint density at radius 3 is 2.41 bits per heavy atom. The Hall–Kier alpha value is -2.87. The van der Waals surface area contributed by atoms with Gasteiger partial charge >= 0.3 is 6.09 Å². The molecular formula is C26H36N4O4. The molecule has 0 aromatic heterocycles. The minimum atomic E-state index is -0.441. The van der Waals surface area contributed by atoms with E-state index in [2.05, 4.69) is 46.7 Å². The number of amides is 1. The van der Waals surface area contributed by atoms with Gasteiger partial charge in [0.15, 0.2) is 0 Å². The van der Waals surface area contributed by atoms with Gasteiger partial charge in [-0.05, 0) is 64.1 Å². The number of ether oxygens (including phenoxy) is 1. The molecule has 2 aromatic carbocycles. The lowest BCUT2D eigenvalue weighted by atomic mass is 9.96. The summed E-state index contributed by atoms with van der Waals surface area (Å²) in [4.78, 5) is 40.4. The van der Waals surface area contributed by atoms with Crippen molar-refractivity contribution in [1.29, 1.82) is 0 Å². The first-order valence-electron chi connectivity index (χ1n) is 12.5. The average molecular weight is 469 g/mol. The van der Waals surface area contributed by atoms with Crippen molar-refractivity contribution in [3.05, 3.63) is 55.8 Å². The number of carbonyl (C=O) groups is 1. The van der Waals surface area contributed by atoms with Gasteiger partial charge in [0.1, 0.15) is 11.4 Å². The smallest absolute Gasteiger partial charge is 0.409 e. The topological polar surface area (TPSA) is 91.0 Å². The molecule has 2 heterocycles. The molecule has 0 saturated carbocycles. The van der Waals surface area contributed by atoms with Crippen LogP contribution in [0.15, 0.2) is 33.9 Å². The molecule has 184 valence electrons. The standard InChI is InChI=1S/C26H36N4O4/c1-3-34-26(33)30-13-9-21(10-14-30)28-23-22(24(31)25(23)32)27-16-19-7-11-29(12-8-19)17-20-6-4-5-18(2)15-20/h4-6,15,19,21,27-28H,3,7-14,16-17H2,1-2H3. The first kappa shape index (κ1) is 24.3. The molecule has 2 aliphatic heterocycles. The van der Waals surface area contributed by atoms with Crippen LogP contribution in [-0.4, -0.2) is 61.3 Å². The van der Waals surface area contributed by atoms with Gasteiger partial charge in [0, 0.05) is 32.2 Å². The van der Waals surface area contributed by atoms with Gasteiger partial charge in [0.2, 0.25) is 0 Å². The molecule has 0 atom stereocenters. The predicted molar refractivity (Wildman–Crippen MR) is 134 cm³/mol. The van der Waals surface area contributed by atoms with Crippen LogP contribution in [0.1, 0.15) is 43.7 Å². The molecule has 2 aromatic rings. The Morgan fingerprint density at radius 2 is 1.74 bits per heavy atom. The van der Waals surface area contributed by atoms with Gasteiger partial charge in [-0.3, -0.25) is 14.5 Å². The van der Waals surface area contributed by atoms with Gasteiger partial charge in [-0.15, -0.1) is 0 Å². The predicted octanol–water partition coefficient (Wildman–Crippen LogP) is 2.95. The van der Waals surface area contributed by atoms with E-state index in [0.717, 1.165) is 45.3 Å². The molecule has 8 heteroatoms. The number of hydrogen-bond donors (Lipinski definition) is 2. The highest BCUT2D eigenvalue weighted by atomic mass is 16.6. The number of hydrogen-bond acceptors (Lipinski definition) is 7. The SMILES string of the molecule is CCOC(=O)N1CCC(Nc2c(NCC3CCN(Cc4cccc(C)c4)CC3)c(=O)c2=O)CC1. The van der Waals surface area contributed by atoms with E-state index in [1.165, 1.54) is 11.1 Å². The summed E-state index contributed by atoms with van der Waals surface area (Å²) in [5, 5.41) is 6.53. The minimum absolute atomic E-state index is 0.0689. The summed E-state index contributed by atoms with van der Waals surface area (Å²) >= 11 is 0. The molecule has 4 rings (SSSR count). The molecule has 8 nitrogen and oxygen atoms in total. The molecule has 0 radical (unpaired) electrons. The number of aryl methyl sites for hydroxylation is 1. The molecule has 0 aliphatic carbocycles. The first-order valence-corrected chi connectivity index (χ1v) is 12.5. The normalized spacial score (nSPS) is 18.2. The van der Waals surface area contributed by atoms with Crippen molar-refractivity contribution in [2.24, 2.45) is 5.92 Å². The Labute approximate surface area is 201 Å². The maximum Gasteiger partial charge on any atom is 0.409 e. The van der Waals surface area contributed by atoms with Crippen molar-refractivity contribution in [2.45, 2.75) is 52.1 Å². The fraction of sp³-hybridized carbons (Fsp3) is 0.577. The fourth-order valence-electron chi connectivity index (χ4n) is 4.99. The zero-order valence-electron chi connectivity index (χ0n) is 20.3. The number of likely N-dealkylation sites (tertiary alicyclic amines) is 2. The summed E-state index contributed by atoms with van der Waals surface area (Å²) in [6.07, 6.45) is 3.29. The Morgan fingerprint density at radius 1 is 1.03 bits per heavy atom. The summed E-state index contributed by atoms with van der Waals surface area (Å²) < 4.78 is 5.05. The molecule has 2 N–H and O–H groups in total. The maximum atomic E-state index is 12.2. The second-order valence-electron chi connectivity index (χ2n) is 9.60. The number of benzene rings is 1. The molecule has 34 heavy (non-hydrogen) atoms. The van der Waals surface area contributed by atoms with Crippen molar-refractivity contribution in [1.82, 2.24) is 9.80 Å². The van der Waals surface area contributed by atoms with Crippen molar-refractivity contribution < 1.29 is 9.53 Å². The van der Waals surface area contributed by atoms with Gasteiger partial charge in [0.25, 0.3) is 10.9 Å². The highest BCUT2D eigenvalue weighted by molar-refractivity contribution is 5.74. The summed E-state index contributed by atoms with van der Waals surface area (Å²) in [6, 6.07) is 8.73. The third-order valence-electron chi connectivity index (χ3n) is 7.04. The van der Waals surface area contributed by atoms with Gasteiger partial charge in [0.05, 0.1) is 6.61 Å². The van der Waals surface area contributed by atoms with Crippen LogP contribution in [0.4, 0.5) is 16.2 Å². The van der Waals surface area contributed by atoms with Gasteiger partial charge < -0.3 is 20.3 Å². The van der Waals surface area contributed by atoms with E-state index in [1.54, 1.807) is 11.8 Å². The van der Waals surface area contributed by atoms with E-state index in [4.69, 9.17) is 4.74 Å².